The molecule has 3 rings (SSSR count). The lowest BCUT2D eigenvalue weighted by Crippen LogP contribution is -2.52. The van der Waals surface area contributed by atoms with Crippen LogP contribution in [0.4, 0.5) is 0 Å². The van der Waals surface area contributed by atoms with Gasteiger partial charge in [0.25, 0.3) is 5.91 Å². The first kappa shape index (κ1) is 16.7. The number of carbonyl (C=O) groups excluding carboxylic acids is 1. The van der Waals surface area contributed by atoms with Crippen LogP contribution in [0, 0.1) is 0 Å². The molecule has 1 aliphatic rings. The van der Waals surface area contributed by atoms with E-state index in [2.05, 4.69) is 29.0 Å². The molecule has 0 saturated carbocycles. The minimum atomic E-state index is -0.338. The van der Waals surface area contributed by atoms with E-state index < -0.39 is 0 Å². The lowest BCUT2D eigenvalue weighted by Gasteiger charge is -2.37. The molecule has 6 heteroatoms. The van der Waals surface area contributed by atoms with Gasteiger partial charge in [0.1, 0.15) is 5.56 Å². The van der Waals surface area contributed by atoms with E-state index in [1.165, 1.54) is 6.20 Å². The topological polar surface area (TPSA) is 74.4 Å². The Labute approximate surface area is 140 Å². The number of nitrogens with one attached hydrogen (secondary N) is 2. The molecule has 24 heavy (non-hydrogen) atoms. The largest absolute Gasteiger partial charge is 0.379 e. The number of para-hydroxylation sites is 1. The zero-order valence-electron chi connectivity index (χ0n) is 14.0. The maximum Gasteiger partial charge on any atom is 0.256 e. The number of pyridine rings is 1. The van der Waals surface area contributed by atoms with Crippen molar-refractivity contribution in [1.29, 1.82) is 0 Å². The van der Waals surface area contributed by atoms with Gasteiger partial charge >= 0.3 is 0 Å². The molecule has 0 radical (unpaired) electrons. The summed E-state index contributed by atoms with van der Waals surface area (Å²) < 4.78 is 5.44. The smallest absolute Gasteiger partial charge is 0.256 e. The van der Waals surface area contributed by atoms with E-state index in [4.69, 9.17) is 4.74 Å². The van der Waals surface area contributed by atoms with Crippen molar-refractivity contribution in [1.82, 2.24) is 15.2 Å². The highest BCUT2D eigenvalue weighted by Crippen LogP contribution is 2.10. The fourth-order valence-electron chi connectivity index (χ4n) is 3.18. The Morgan fingerprint density at radius 2 is 2.25 bits per heavy atom. The molecule has 1 fully saturated rings. The minimum Gasteiger partial charge on any atom is -0.379 e. The molecule has 128 valence electrons. The van der Waals surface area contributed by atoms with Gasteiger partial charge in [-0.1, -0.05) is 12.1 Å². The molecule has 2 heterocycles. The van der Waals surface area contributed by atoms with Crippen molar-refractivity contribution < 1.29 is 9.53 Å². The molecule has 0 unspecified atom stereocenters. The number of benzene rings is 1. The van der Waals surface area contributed by atoms with Crippen LogP contribution in [0.1, 0.15) is 24.2 Å². The average molecular weight is 329 g/mol. The number of ether oxygens (including phenoxy) is 1. The first-order valence-electron chi connectivity index (χ1n) is 8.30. The van der Waals surface area contributed by atoms with Crippen LogP contribution < -0.4 is 10.7 Å². The van der Waals surface area contributed by atoms with Crippen LogP contribution in [-0.2, 0) is 4.74 Å². The molecule has 1 aromatic heterocycles. The second-order valence-corrected chi connectivity index (χ2v) is 6.30. The van der Waals surface area contributed by atoms with Gasteiger partial charge in [-0.05, 0) is 26.0 Å². The SMILES string of the molecule is C[C@@H]1COCCN1[C@@H](C)CNC(=O)c1c[nH]c2ccccc2c1=O. The van der Waals surface area contributed by atoms with E-state index in [1.807, 2.05) is 12.1 Å². The summed E-state index contributed by atoms with van der Waals surface area (Å²) in [5, 5.41) is 3.41. The second-order valence-electron chi connectivity index (χ2n) is 6.30. The third-order valence-electron chi connectivity index (χ3n) is 4.58. The number of H-pyrrole nitrogens is 1. The molecule has 1 amide bonds. The van der Waals surface area contributed by atoms with Crippen LogP contribution in [0.25, 0.3) is 10.9 Å². The average Bonchev–Trinajstić information content (AvgIpc) is 2.60. The fourth-order valence-corrected chi connectivity index (χ4v) is 3.18. The molecule has 0 bridgehead atoms. The third kappa shape index (κ3) is 3.34. The molecule has 6 nitrogen and oxygen atoms in total. The number of nitrogens with zero attached hydrogens (tertiary/aromatic N) is 1. The van der Waals surface area contributed by atoms with Gasteiger partial charge in [-0.2, -0.15) is 0 Å². The molecule has 1 aromatic carbocycles. The van der Waals surface area contributed by atoms with Gasteiger partial charge in [0, 0.05) is 42.3 Å². The Bertz CT molecular complexity index is 786. The zero-order chi connectivity index (χ0) is 17.1. The van der Waals surface area contributed by atoms with Crippen LogP contribution in [-0.4, -0.2) is 54.2 Å². The van der Waals surface area contributed by atoms with E-state index in [9.17, 15) is 9.59 Å². The van der Waals surface area contributed by atoms with Gasteiger partial charge in [0.15, 0.2) is 0 Å². The summed E-state index contributed by atoms with van der Waals surface area (Å²) in [7, 11) is 0. The summed E-state index contributed by atoms with van der Waals surface area (Å²) in [6.45, 7) is 6.97. The van der Waals surface area contributed by atoms with E-state index in [1.54, 1.807) is 12.1 Å². The Morgan fingerprint density at radius 3 is 3.04 bits per heavy atom. The summed E-state index contributed by atoms with van der Waals surface area (Å²) in [5.74, 6) is -0.338. The maximum atomic E-state index is 12.5. The molecule has 2 atom stereocenters. The molecule has 0 spiro atoms. The van der Waals surface area contributed by atoms with Crippen molar-refractivity contribution in [3.8, 4) is 0 Å². The molecular weight excluding hydrogens is 306 g/mol. The van der Waals surface area contributed by atoms with Crippen LogP contribution in [0.2, 0.25) is 0 Å². The van der Waals surface area contributed by atoms with E-state index in [0.29, 0.717) is 31.2 Å². The first-order valence-corrected chi connectivity index (χ1v) is 8.30. The van der Waals surface area contributed by atoms with Crippen molar-refractivity contribution in [2.24, 2.45) is 0 Å². The first-order chi connectivity index (χ1) is 11.6. The van der Waals surface area contributed by atoms with E-state index in [0.717, 1.165) is 12.1 Å². The van der Waals surface area contributed by atoms with Crippen molar-refractivity contribution in [3.05, 3.63) is 46.2 Å². The molecule has 2 aromatic rings. The normalized spacial score (nSPS) is 20.0. The van der Waals surface area contributed by atoms with Gasteiger partial charge < -0.3 is 15.0 Å². The highest BCUT2D eigenvalue weighted by Gasteiger charge is 2.24. The molecule has 1 aliphatic heterocycles. The van der Waals surface area contributed by atoms with Crippen LogP contribution in [0.15, 0.2) is 35.3 Å². The minimum absolute atomic E-state index is 0.149. The number of carbonyl (C=O) groups is 1. The number of aromatic nitrogens is 1. The Morgan fingerprint density at radius 1 is 1.46 bits per heavy atom. The standard InChI is InChI=1S/C18H23N3O3/c1-12(21-7-8-24-11-13(21)2)9-20-18(23)15-10-19-16-6-4-3-5-14(16)17(15)22/h3-6,10,12-13H,7-9,11H2,1-2H3,(H,19,22)(H,20,23)/t12-,13+/m0/s1. The van der Waals surface area contributed by atoms with E-state index >= 15 is 0 Å². The summed E-state index contributed by atoms with van der Waals surface area (Å²) in [4.78, 5) is 30.2. The Hall–Kier alpha value is -2.18. The van der Waals surface area contributed by atoms with Crippen LogP contribution in [0.3, 0.4) is 0 Å². The quantitative estimate of drug-likeness (QED) is 0.888. The van der Waals surface area contributed by atoms with Gasteiger partial charge in [0.05, 0.1) is 13.2 Å². The Kier molecular flexibility index (Phi) is 4.97. The van der Waals surface area contributed by atoms with Gasteiger partial charge in [0.2, 0.25) is 5.43 Å². The predicted molar refractivity (Wildman–Crippen MR) is 93.4 cm³/mol. The predicted octanol–water partition coefficient (Wildman–Crippen LogP) is 1.37. The molecule has 1 saturated heterocycles. The maximum absolute atomic E-state index is 12.5. The van der Waals surface area contributed by atoms with E-state index in [-0.39, 0.29) is 22.9 Å². The molecule has 2 N–H and O–H groups in total. The highest BCUT2D eigenvalue weighted by atomic mass is 16.5. The third-order valence-corrected chi connectivity index (χ3v) is 4.58. The summed E-state index contributed by atoms with van der Waals surface area (Å²) in [6.07, 6.45) is 1.49. The van der Waals surface area contributed by atoms with Crippen molar-refractivity contribution in [2.75, 3.05) is 26.3 Å². The van der Waals surface area contributed by atoms with Crippen LogP contribution >= 0.6 is 0 Å². The number of morpholine rings is 1. The zero-order valence-corrected chi connectivity index (χ0v) is 14.0. The lowest BCUT2D eigenvalue weighted by molar-refractivity contribution is -0.0178. The number of fused-ring (bicyclic) bond motifs is 1. The summed E-state index contributed by atoms with van der Waals surface area (Å²) in [5.41, 5.74) is 0.639. The number of hydrogen-bond acceptors (Lipinski definition) is 4. The number of rotatable bonds is 4. The van der Waals surface area contributed by atoms with Crippen LogP contribution in [0.5, 0.6) is 0 Å². The van der Waals surface area contributed by atoms with Crippen molar-refractivity contribution in [3.63, 3.8) is 0 Å². The fraction of sp³-hybridized carbons (Fsp3) is 0.444. The van der Waals surface area contributed by atoms with Gasteiger partial charge in [-0.3, -0.25) is 14.5 Å². The number of hydrogen-bond donors (Lipinski definition) is 2. The molecule has 0 aliphatic carbocycles. The lowest BCUT2D eigenvalue weighted by atomic mass is 10.1. The summed E-state index contributed by atoms with van der Waals surface area (Å²) >= 11 is 0. The van der Waals surface area contributed by atoms with Crippen molar-refractivity contribution >= 4 is 16.8 Å². The Balaban J connectivity index is 1.69. The number of aromatic amines is 1. The second kappa shape index (κ2) is 7.15. The van der Waals surface area contributed by atoms with Gasteiger partial charge in [-0.15, -0.1) is 0 Å². The molecular formula is C18H23N3O3. The number of amides is 1. The van der Waals surface area contributed by atoms with Gasteiger partial charge in [-0.25, -0.2) is 0 Å². The highest BCUT2D eigenvalue weighted by molar-refractivity contribution is 5.97. The van der Waals surface area contributed by atoms with Crippen molar-refractivity contribution in [2.45, 2.75) is 25.9 Å². The monoisotopic (exact) mass is 329 g/mol. The summed E-state index contributed by atoms with van der Waals surface area (Å²) in [6, 6.07) is 7.70.